The van der Waals surface area contributed by atoms with Crippen LogP contribution in [0.5, 0.6) is 0 Å². The zero-order valence-corrected chi connectivity index (χ0v) is 42.6. The molecular formula is C58H104O6. The van der Waals surface area contributed by atoms with Crippen molar-refractivity contribution in [2.75, 3.05) is 13.2 Å². The van der Waals surface area contributed by atoms with Crippen molar-refractivity contribution in [3.05, 3.63) is 48.6 Å². The van der Waals surface area contributed by atoms with Crippen molar-refractivity contribution in [2.45, 2.75) is 290 Å². The predicted molar refractivity (Wildman–Crippen MR) is 275 cm³/mol. The van der Waals surface area contributed by atoms with E-state index in [4.69, 9.17) is 14.2 Å². The van der Waals surface area contributed by atoms with Crippen LogP contribution in [-0.2, 0) is 28.6 Å². The van der Waals surface area contributed by atoms with Gasteiger partial charge in [-0.1, -0.05) is 256 Å². The van der Waals surface area contributed by atoms with Gasteiger partial charge in [-0.25, -0.2) is 0 Å². The van der Waals surface area contributed by atoms with E-state index in [1.54, 1.807) is 0 Å². The van der Waals surface area contributed by atoms with Gasteiger partial charge in [0, 0.05) is 19.3 Å². The Hall–Kier alpha value is -2.63. The zero-order valence-electron chi connectivity index (χ0n) is 42.6. The molecule has 0 aromatic rings. The number of allylic oxidation sites excluding steroid dienone is 8. The van der Waals surface area contributed by atoms with Gasteiger partial charge in [-0.05, 0) is 57.8 Å². The molecule has 0 aromatic carbocycles. The first-order chi connectivity index (χ1) is 31.5. The van der Waals surface area contributed by atoms with Gasteiger partial charge in [-0.15, -0.1) is 0 Å². The summed E-state index contributed by atoms with van der Waals surface area (Å²) in [7, 11) is 0. The summed E-state index contributed by atoms with van der Waals surface area (Å²) in [4.78, 5) is 38.1. The molecule has 0 N–H and O–H groups in total. The fourth-order valence-corrected chi connectivity index (χ4v) is 7.96. The van der Waals surface area contributed by atoms with E-state index < -0.39 is 6.10 Å². The first kappa shape index (κ1) is 61.4. The molecule has 6 heteroatoms. The van der Waals surface area contributed by atoms with Crippen LogP contribution in [0.3, 0.4) is 0 Å². The van der Waals surface area contributed by atoms with Gasteiger partial charge in [-0.2, -0.15) is 0 Å². The summed E-state index contributed by atoms with van der Waals surface area (Å²) in [5.41, 5.74) is 0. The maximum atomic E-state index is 12.8. The van der Waals surface area contributed by atoms with Crippen LogP contribution < -0.4 is 0 Å². The summed E-state index contributed by atoms with van der Waals surface area (Å²) >= 11 is 0. The Labute approximate surface area is 397 Å². The maximum absolute atomic E-state index is 12.8. The summed E-state index contributed by atoms with van der Waals surface area (Å²) in [5.74, 6) is -0.913. The van der Waals surface area contributed by atoms with Crippen LogP contribution in [0.4, 0.5) is 0 Å². The highest BCUT2D eigenvalue weighted by molar-refractivity contribution is 5.71. The van der Waals surface area contributed by atoms with Crippen LogP contribution in [0.15, 0.2) is 48.6 Å². The Balaban J connectivity index is 4.40. The van der Waals surface area contributed by atoms with Crippen LogP contribution >= 0.6 is 0 Å². The molecule has 0 aliphatic carbocycles. The average molecular weight is 897 g/mol. The lowest BCUT2D eigenvalue weighted by Gasteiger charge is -2.18. The van der Waals surface area contributed by atoms with Gasteiger partial charge in [0.2, 0.25) is 0 Å². The van der Waals surface area contributed by atoms with E-state index in [9.17, 15) is 14.4 Å². The van der Waals surface area contributed by atoms with Crippen molar-refractivity contribution in [3.63, 3.8) is 0 Å². The van der Waals surface area contributed by atoms with E-state index in [1.807, 2.05) is 0 Å². The number of ether oxygens (including phenoxy) is 3. The number of unbranched alkanes of at least 4 members (excludes halogenated alkanes) is 31. The Kier molecular flexibility index (Phi) is 50.8. The highest BCUT2D eigenvalue weighted by Gasteiger charge is 2.19. The molecule has 0 radical (unpaired) electrons. The monoisotopic (exact) mass is 897 g/mol. The van der Waals surface area contributed by atoms with Gasteiger partial charge in [0.25, 0.3) is 0 Å². The molecule has 0 aliphatic rings. The number of hydrogen-bond donors (Lipinski definition) is 0. The fourth-order valence-electron chi connectivity index (χ4n) is 7.96. The minimum absolute atomic E-state index is 0.0857. The zero-order chi connectivity index (χ0) is 46.5. The number of carbonyl (C=O) groups excluding carboxylic acids is 3. The minimum atomic E-state index is -0.790. The minimum Gasteiger partial charge on any atom is -0.462 e. The molecule has 6 nitrogen and oxygen atoms in total. The molecule has 0 saturated heterocycles. The second kappa shape index (κ2) is 53.0. The molecule has 372 valence electrons. The van der Waals surface area contributed by atoms with Crippen molar-refractivity contribution in [2.24, 2.45) is 0 Å². The number of rotatable bonds is 50. The molecule has 0 spiro atoms. The van der Waals surface area contributed by atoms with E-state index in [-0.39, 0.29) is 37.5 Å². The third kappa shape index (κ3) is 50.4. The highest BCUT2D eigenvalue weighted by Crippen LogP contribution is 2.16. The molecule has 0 aliphatic heterocycles. The molecule has 0 heterocycles. The largest absolute Gasteiger partial charge is 0.462 e. The second-order valence-corrected chi connectivity index (χ2v) is 18.5. The smallest absolute Gasteiger partial charge is 0.306 e. The molecule has 0 rings (SSSR count). The van der Waals surface area contributed by atoms with Crippen LogP contribution in [0.2, 0.25) is 0 Å². The van der Waals surface area contributed by atoms with E-state index in [1.165, 1.54) is 161 Å². The molecule has 0 amide bonds. The van der Waals surface area contributed by atoms with E-state index in [0.29, 0.717) is 19.3 Å². The van der Waals surface area contributed by atoms with E-state index in [0.717, 1.165) is 77.0 Å². The lowest BCUT2D eigenvalue weighted by molar-refractivity contribution is -0.167. The molecule has 64 heavy (non-hydrogen) atoms. The Morgan fingerprint density at radius 3 is 0.953 bits per heavy atom. The van der Waals surface area contributed by atoms with Gasteiger partial charge < -0.3 is 14.2 Å². The maximum Gasteiger partial charge on any atom is 0.306 e. The summed E-state index contributed by atoms with van der Waals surface area (Å²) in [6.45, 7) is 6.52. The number of esters is 3. The van der Waals surface area contributed by atoms with Gasteiger partial charge >= 0.3 is 17.9 Å². The fraction of sp³-hybridized carbons (Fsp3) is 0.810. The van der Waals surface area contributed by atoms with Crippen molar-refractivity contribution in [3.8, 4) is 0 Å². The molecular weight excluding hydrogens is 793 g/mol. The third-order valence-electron chi connectivity index (χ3n) is 12.1. The lowest BCUT2D eigenvalue weighted by Crippen LogP contribution is -2.30. The van der Waals surface area contributed by atoms with Crippen LogP contribution in [0.25, 0.3) is 0 Å². The molecule has 1 unspecified atom stereocenters. The standard InChI is InChI=1S/C58H104O6/c1-4-7-10-13-16-19-22-25-28-31-33-36-39-42-45-48-51-57(60)63-54-55(64-58(61)52-49-46-43-40-37-34-30-27-24-21-18-15-12-9-6-3)53-62-56(59)50-47-44-41-38-35-32-29-26-23-20-17-14-11-8-5-2/h9,12,18,21,27,30,37,40,55H,4-8,10-11,13-17,19-20,22-26,28-29,31-36,38-39,41-54H2,1-3H3/b12-9-,21-18-,30-27-,40-37-. The van der Waals surface area contributed by atoms with Gasteiger partial charge in [0.05, 0.1) is 0 Å². The van der Waals surface area contributed by atoms with E-state index in [2.05, 4.69) is 69.4 Å². The quantitative estimate of drug-likeness (QED) is 0.0262. The SMILES string of the molecule is CC/C=C\C/C=C\C/C=C\C/C=C\CCCCC(=O)OC(COC(=O)CCCCCCCCCCCCCCCCC)COC(=O)CCCCCCCCCCCCCCCCCC. The molecule has 1 atom stereocenters. The average Bonchev–Trinajstić information content (AvgIpc) is 3.29. The second-order valence-electron chi connectivity index (χ2n) is 18.5. The Morgan fingerprint density at radius 2 is 0.609 bits per heavy atom. The number of carbonyl (C=O) groups is 3. The molecule has 0 fully saturated rings. The normalized spacial score (nSPS) is 12.4. The topological polar surface area (TPSA) is 78.9 Å². The van der Waals surface area contributed by atoms with Crippen LogP contribution in [-0.4, -0.2) is 37.2 Å². The van der Waals surface area contributed by atoms with Crippen molar-refractivity contribution < 1.29 is 28.6 Å². The van der Waals surface area contributed by atoms with Gasteiger partial charge in [0.1, 0.15) is 13.2 Å². The molecule has 0 aromatic heterocycles. The highest BCUT2D eigenvalue weighted by atomic mass is 16.6. The predicted octanol–water partition coefficient (Wildman–Crippen LogP) is 18.3. The first-order valence-electron chi connectivity index (χ1n) is 27.6. The number of hydrogen-bond acceptors (Lipinski definition) is 6. The molecule has 0 bridgehead atoms. The summed E-state index contributed by atoms with van der Waals surface area (Å²) < 4.78 is 16.8. The molecule has 0 saturated carbocycles. The van der Waals surface area contributed by atoms with Crippen LogP contribution in [0.1, 0.15) is 284 Å². The summed E-state index contributed by atoms with van der Waals surface area (Å²) in [6, 6.07) is 0. The first-order valence-corrected chi connectivity index (χ1v) is 27.6. The van der Waals surface area contributed by atoms with Crippen molar-refractivity contribution in [1.82, 2.24) is 0 Å². The Bertz CT molecular complexity index is 1120. The van der Waals surface area contributed by atoms with Gasteiger partial charge in [0.15, 0.2) is 6.10 Å². The summed E-state index contributed by atoms with van der Waals surface area (Å²) in [5, 5.41) is 0. The third-order valence-corrected chi connectivity index (χ3v) is 12.1. The summed E-state index contributed by atoms with van der Waals surface area (Å²) in [6.07, 6.45) is 63.8. The van der Waals surface area contributed by atoms with Crippen LogP contribution in [0, 0.1) is 0 Å². The Morgan fingerprint density at radius 1 is 0.328 bits per heavy atom. The van der Waals surface area contributed by atoms with Gasteiger partial charge in [-0.3, -0.25) is 14.4 Å². The lowest BCUT2D eigenvalue weighted by atomic mass is 10.0. The van der Waals surface area contributed by atoms with Crippen molar-refractivity contribution in [1.29, 1.82) is 0 Å². The van der Waals surface area contributed by atoms with E-state index >= 15 is 0 Å². The van der Waals surface area contributed by atoms with Crippen molar-refractivity contribution >= 4 is 17.9 Å².